The molecule has 1 amide bonds. The van der Waals surface area contributed by atoms with Crippen LogP contribution in [0.4, 0.5) is 5.00 Å². The van der Waals surface area contributed by atoms with Gasteiger partial charge in [0, 0.05) is 43.4 Å². The van der Waals surface area contributed by atoms with Crippen LogP contribution in [0.15, 0.2) is 16.1 Å². The lowest BCUT2D eigenvalue weighted by atomic mass is 9.88. The number of aliphatic imine (C=N–C) groups is 2. The monoisotopic (exact) mass is 372 g/mol. The van der Waals surface area contributed by atoms with Gasteiger partial charge in [0.2, 0.25) is 5.91 Å². The fourth-order valence-corrected chi connectivity index (χ4v) is 5.19. The molecule has 0 aromatic carbocycles. The van der Waals surface area contributed by atoms with E-state index in [0.29, 0.717) is 5.91 Å². The third-order valence-corrected chi connectivity index (χ3v) is 7.06. The molecule has 1 aromatic rings. The molecule has 0 bridgehead atoms. The summed E-state index contributed by atoms with van der Waals surface area (Å²) in [7, 11) is 0. The van der Waals surface area contributed by atoms with Crippen LogP contribution in [0.25, 0.3) is 0 Å². The predicted octanol–water partition coefficient (Wildman–Crippen LogP) is 3.65. The Balaban J connectivity index is 1.36. The molecule has 140 valence electrons. The van der Waals surface area contributed by atoms with Crippen LogP contribution in [-0.2, 0) is 17.6 Å². The number of aryl methyl sites for hydroxylation is 1. The molecule has 0 spiro atoms. The Labute approximate surface area is 159 Å². The molecule has 0 N–H and O–H groups in total. The number of nitrogens with zero attached hydrogens (tertiary/aromatic N) is 4. The summed E-state index contributed by atoms with van der Waals surface area (Å²) in [6.07, 6.45) is 9.51. The van der Waals surface area contributed by atoms with Crippen molar-refractivity contribution < 1.29 is 4.79 Å². The van der Waals surface area contributed by atoms with Crippen LogP contribution in [0.3, 0.4) is 0 Å². The number of fused-ring (bicyclic) bond motifs is 1. The molecular weight excluding hydrogens is 344 g/mol. The number of carbonyl (C=O) groups excluding carboxylic acids is 1. The van der Waals surface area contributed by atoms with Gasteiger partial charge in [-0.3, -0.25) is 4.79 Å². The zero-order chi connectivity index (χ0) is 17.9. The lowest BCUT2D eigenvalue weighted by Gasteiger charge is -2.38. The summed E-state index contributed by atoms with van der Waals surface area (Å²) in [6, 6.07) is 2.28. The second kappa shape index (κ2) is 7.91. The summed E-state index contributed by atoms with van der Waals surface area (Å²) in [5.41, 5.74) is 1.29. The van der Waals surface area contributed by atoms with Crippen molar-refractivity contribution in [3.8, 4) is 0 Å². The maximum absolute atomic E-state index is 12.7. The standard InChI is InChI=1S/C20H28N4OS/c1-2-17-12-16-13-18(21-14-22-19(16)26-17)23-8-10-24(11-9-23)20(25)15-6-4-3-5-7-15/h12,14-15H,2-11,13H2,1H3. The SMILES string of the molecule is CCc1cc2c(s1)N=CN=C(N1CCN(C(=O)C3CCCCC3)CC1)C2. The zero-order valence-electron chi connectivity index (χ0n) is 15.6. The Morgan fingerprint density at radius 2 is 1.96 bits per heavy atom. The summed E-state index contributed by atoms with van der Waals surface area (Å²) in [4.78, 5) is 27.7. The minimum atomic E-state index is 0.276. The highest BCUT2D eigenvalue weighted by Crippen LogP contribution is 2.33. The van der Waals surface area contributed by atoms with Gasteiger partial charge in [0.15, 0.2) is 0 Å². The van der Waals surface area contributed by atoms with Crippen molar-refractivity contribution >= 4 is 34.4 Å². The summed E-state index contributed by atoms with van der Waals surface area (Å²) in [5, 5.41) is 1.10. The summed E-state index contributed by atoms with van der Waals surface area (Å²) in [5.74, 6) is 1.76. The second-order valence-electron chi connectivity index (χ2n) is 7.51. The van der Waals surface area contributed by atoms with Crippen molar-refractivity contribution in [2.75, 3.05) is 26.2 Å². The fraction of sp³-hybridized carbons (Fsp3) is 0.650. The topological polar surface area (TPSA) is 48.3 Å². The molecule has 5 nitrogen and oxygen atoms in total. The average molecular weight is 373 g/mol. The van der Waals surface area contributed by atoms with Crippen LogP contribution in [0.1, 0.15) is 49.5 Å². The lowest BCUT2D eigenvalue weighted by molar-refractivity contribution is -0.137. The van der Waals surface area contributed by atoms with Gasteiger partial charge >= 0.3 is 0 Å². The summed E-state index contributed by atoms with van der Waals surface area (Å²) < 4.78 is 0. The van der Waals surface area contributed by atoms with Crippen LogP contribution < -0.4 is 0 Å². The normalized spacial score (nSPS) is 21.3. The van der Waals surface area contributed by atoms with E-state index in [9.17, 15) is 4.79 Å². The zero-order valence-corrected chi connectivity index (χ0v) is 16.4. The van der Waals surface area contributed by atoms with E-state index in [0.717, 1.165) is 62.7 Å². The van der Waals surface area contributed by atoms with E-state index in [2.05, 4.69) is 32.8 Å². The smallest absolute Gasteiger partial charge is 0.225 e. The molecule has 2 fully saturated rings. The van der Waals surface area contributed by atoms with Crippen LogP contribution in [0.5, 0.6) is 0 Å². The highest BCUT2D eigenvalue weighted by atomic mass is 32.1. The lowest BCUT2D eigenvalue weighted by Crippen LogP contribution is -2.52. The van der Waals surface area contributed by atoms with Crippen LogP contribution in [-0.4, -0.2) is 54.1 Å². The number of rotatable bonds is 2. The minimum absolute atomic E-state index is 0.276. The van der Waals surface area contributed by atoms with Crippen molar-refractivity contribution in [2.24, 2.45) is 15.9 Å². The van der Waals surface area contributed by atoms with Gasteiger partial charge < -0.3 is 9.80 Å². The molecule has 1 aliphatic carbocycles. The second-order valence-corrected chi connectivity index (χ2v) is 8.63. The van der Waals surface area contributed by atoms with Gasteiger partial charge in [-0.1, -0.05) is 26.2 Å². The Hall–Kier alpha value is -1.69. The van der Waals surface area contributed by atoms with E-state index in [4.69, 9.17) is 0 Å². The Morgan fingerprint density at radius 1 is 1.19 bits per heavy atom. The van der Waals surface area contributed by atoms with E-state index in [1.807, 2.05) is 0 Å². The highest BCUT2D eigenvalue weighted by molar-refractivity contribution is 7.16. The number of amides is 1. The van der Waals surface area contributed by atoms with Crippen molar-refractivity contribution in [1.82, 2.24) is 9.80 Å². The van der Waals surface area contributed by atoms with E-state index in [1.54, 1.807) is 17.7 Å². The van der Waals surface area contributed by atoms with E-state index in [-0.39, 0.29) is 5.92 Å². The molecule has 3 heterocycles. The first-order valence-corrected chi connectivity index (χ1v) is 10.8. The maximum atomic E-state index is 12.7. The molecule has 1 aromatic heterocycles. The van der Waals surface area contributed by atoms with Gasteiger partial charge in [-0.05, 0) is 30.9 Å². The molecule has 1 saturated carbocycles. The molecule has 0 radical (unpaired) electrons. The Bertz CT molecular complexity index is 709. The van der Waals surface area contributed by atoms with Crippen molar-refractivity contribution in [3.05, 3.63) is 16.5 Å². The van der Waals surface area contributed by atoms with E-state index >= 15 is 0 Å². The van der Waals surface area contributed by atoms with Crippen molar-refractivity contribution in [3.63, 3.8) is 0 Å². The van der Waals surface area contributed by atoms with Gasteiger partial charge in [-0.2, -0.15) is 0 Å². The molecular formula is C20H28N4OS. The van der Waals surface area contributed by atoms with E-state index in [1.165, 1.54) is 29.7 Å². The molecule has 4 rings (SSSR count). The molecule has 1 saturated heterocycles. The predicted molar refractivity (Wildman–Crippen MR) is 108 cm³/mol. The summed E-state index contributed by atoms with van der Waals surface area (Å²) in [6.45, 7) is 5.59. The van der Waals surface area contributed by atoms with Gasteiger partial charge in [0.25, 0.3) is 0 Å². The van der Waals surface area contributed by atoms with Crippen molar-refractivity contribution in [2.45, 2.75) is 51.9 Å². The Kier molecular flexibility index (Phi) is 5.38. The molecule has 0 unspecified atom stereocenters. The Morgan fingerprint density at radius 3 is 2.69 bits per heavy atom. The third-order valence-electron chi connectivity index (χ3n) is 5.83. The number of thiophene rings is 1. The number of amidine groups is 1. The number of hydrogen-bond acceptors (Lipinski definition) is 5. The van der Waals surface area contributed by atoms with Gasteiger partial charge in [-0.25, -0.2) is 9.98 Å². The van der Waals surface area contributed by atoms with Gasteiger partial charge in [0.1, 0.15) is 17.2 Å². The van der Waals surface area contributed by atoms with E-state index < -0.39 is 0 Å². The summed E-state index contributed by atoms with van der Waals surface area (Å²) >= 11 is 1.77. The first-order valence-electron chi connectivity index (χ1n) is 9.99. The molecule has 26 heavy (non-hydrogen) atoms. The average Bonchev–Trinajstić information content (AvgIpc) is 2.99. The third kappa shape index (κ3) is 3.70. The number of carbonyl (C=O) groups is 1. The van der Waals surface area contributed by atoms with Crippen molar-refractivity contribution in [1.29, 1.82) is 0 Å². The van der Waals surface area contributed by atoms with Crippen LogP contribution >= 0.6 is 11.3 Å². The number of piperazine rings is 1. The quantitative estimate of drug-likeness (QED) is 0.796. The highest BCUT2D eigenvalue weighted by Gasteiger charge is 2.29. The fourth-order valence-electron chi connectivity index (χ4n) is 4.24. The largest absolute Gasteiger partial charge is 0.356 e. The minimum Gasteiger partial charge on any atom is -0.356 e. The van der Waals surface area contributed by atoms with Gasteiger partial charge in [0.05, 0.1) is 0 Å². The molecule has 2 aliphatic heterocycles. The maximum Gasteiger partial charge on any atom is 0.225 e. The molecule has 3 aliphatic rings. The van der Waals surface area contributed by atoms with Gasteiger partial charge in [-0.15, -0.1) is 11.3 Å². The first kappa shape index (κ1) is 17.7. The molecule has 0 atom stereocenters. The van der Waals surface area contributed by atoms with Crippen LogP contribution in [0.2, 0.25) is 0 Å². The first-order chi connectivity index (χ1) is 12.7. The molecule has 6 heteroatoms. The number of hydrogen-bond donors (Lipinski definition) is 0. The van der Waals surface area contributed by atoms with Crippen LogP contribution in [0, 0.1) is 5.92 Å².